The minimum absolute atomic E-state index is 0.102. The van der Waals surface area contributed by atoms with Crippen LogP contribution in [0.2, 0.25) is 0 Å². The molecule has 0 bridgehead atoms. The zero-order valence-corrected chi connectivity index (χ0v) is 8.75. The summed E-state index contributed by atoms with van der Waals surface area (Å²) in [6, 6.07) is 6.73. The van der Waals surface area contributed by atoms with Gasteiger partial charge in [-0.15, -0.1) is 0 Å². The number of carbonyl (C=O) groups excluding carboxylic acids is 1. The van der Waals surface area contributed by atoms with Crippen LogP contribution in [0.5, 0.6) is 0 Å². The molecule has 1 aliphatic carbocycles. The molecule has 2 aromatic rings. The average Bonchev–Trinajstić information content (AvgIpc) is 2.67. The summed E-state index contributed by atoms with van der Waals surface area (Å²) in [5.41, 5.74) is 2.42. The van der Waals surface area contributed by atoms with Gasteiger partial charge in [0.25, 0.3) is 0 Å². The summed E-state index contributed by atoms with van der Waals surface area (Å²) in [7, 11) is 0. The third kappa shape index (κ3) is 1.07. The molecule has 2 aromatic carbocycles. The minimum Gasteiger partial charge on any atom is -0.294 e. The SMILES string of the molecule is CC(=O)c1ccc2c3c(ccc(F)c13)C=C2. The highest BCUT2D eigenvalue weighted by Crippen LogP contribution is 2.34. The standard InChI is InChI=1S/C14H9FO/c1-8(16)11-6-4-9-2-3-10-5-7-12(15)14(11)13(9)10/h2-7H,1H3. The first-order valence-corrected chi connectivity index (χ1v) is 5.13. The van der Waals surface area contributed by atoms with Crippen molar-refractivity contribution in [2.75, 3.05) is 0 Å². The lowest BCUT2D eigenvalue weighted by atomic mass is 9.97. The Morgan fingerprint density at radius 3 is 2.25 bits per heavy atom. The number of Topliss-reactive ketones (excluding diaryl/α,β-unsaturated/α-hetero) is 1. The van der Waals surface area contributed by atoms with E-state index in [9.17, 15) is 9.18 Å². The number of rotatable bonds is 1. The first-order chi connectivity index (χ1) is 7.68. The van der Waals surface area contributed by atoms with Crippen LogP contribution in [0.3, 0.4) is 0 Å². The number of halogens is 1. The van der Waals surface area contributed by atoms with E-state index in [4.69, 9.17) is 0 Å². The molecule has 0 aromatic heterocycles. The summed E-state index contributed by atoms with van der Waals surface area (Å²) in [6.07, 6.45) is 3.89. The fourth-order valence-corrected chi connectivity index (χ4v) is 2.26. The quantitative estimate of drug-likeness (QED) is 0.562. The molecule has 0 atom stereocenters. The molecule has 0 saturated heterocycles. The Hall–Kier alpha value is -1.96. The summed E-state index contributed by atoms with van der Waals surface area (Å²) < 4.78 is 13.8. The first kappa shape index (κ1) is 9.28. The molecule has 0 aliphatic heterocycles. The molecule has 0 heterocycles. The molecule has 0 fully saturated rings. The highest BCUT2D eigenvalue weighted by Gasteiger charge is 2.16. The lowest BCUT2D eigenvalue weighted by molar-refractivity contribution is 0.101. The van der Waals surface area contributed by atoms with Crippen molar-refractivity contribution >= 4 is 28.7 Å². The Balaban J connectivity index is 2.56. The van der Waals surface area contributed by atoms with Gasteiger partial charge in [-0.25, -0.2) is 4.39 Å². The zero-order chi connectivity index (χ0) is 11.3. The lowest BCUT2D eigenvalue weighted by Gasteiger charge is -2.07. The Morgan fingerprint density at radius 1 is 1.00 bits per heavy atom. The van der Waals surface area contributed by atoms with Crippen molar-refractivity contribution in [3.8, 4) is 0 Å². The van der Waals surface area contributed by atoms with E-state index in [1.54, 1.807) is 12.1 Å². The fraction of sp³-hybridized carbons (Fsp3) is 0.0714. The van der Waals surface area contributed by atoms with Crippen molar-refractivity contribution in [1.29, 1.82) is 0 Å². The number of ketones is 1. The van der Waals surface area contributed by atoms with E-state index in [0.29, 0.717) is 10.9 Å². The number of hydrogen-bond acceptors (Lipinski definition) is 1. The van der Waals surface area contributed by atoms with Gasteiger partial charge >= 0.3 is 0 Å². The van der Waals surface area contributed by atoms with Crippen molar-refractivity contribution in [2.45, 2.75) is 6.92 Å². The van der Waals surface area contributed by atoms with Gasteiger partial charge in [0, 0.05) is 10.9 Å². The highest BCUT2D eigenvalue weighted by atomic mass is 19.1. The van der Waals surface area contributed by atoms with Crippen molar-refractivity contribution in [3.05, 3.63) is 46.8 Å². The van der Waals surface area contributed by atoms with Crippen LogP contribution < -0.4 is 0 Å². The van der Waals surface area contributed by atoms with Crippen LogP contribution in [-0.2, 0) is 0 Å². The van der Waals surface area contributed by atoms with E-state index in [1.165, 1.54) is 13.0 Å². The summed E-state index contributed by atoms with van der Waals surface area (Å²) in [6.45, 7) is 1.46. The van der Waals surface area contributed by atoms with Gasteiger partial charge in [-0.1, -0.05) is 30.4 Å². The monoisotopic (exact) mass is 212 g/mol. The molecule has 0 spiro atoms. The zero-order valence-electron chi connectivity index (χ0n) is 8.75. The Bertz CT molecular complexity index is 641. The molecule has 2 heteroatoms. The van der Waals surface area contributed by atoms with Crippen LogP contribution >= 0.6 is 0 Å². The van der Waals surface area contributed by atoms with Crippen LogP contribution in [0, 0.1) is 5.82 Å². The smallest absolute Gasteiger partial charge is 0.160 e. The van der Waals surface area contributed by atoms with Gasteiger partial charge < -0.3 is 0 Å². The van der Waals surface area contributed by atoms with E-state index in [0.717, 1.165) is 16.5 Å². The highest BCUT2D eigenvalue weighted by molar-refractivity contribution is 6.14. The lowest BCUT2D eigenvalue weighted by Crippen LogP contribution is -1.97. The van der Waals surface area contributed by atoms with E-state index >= 15 is 0 Å². The molecular formula is C14H9FO. The van der Waals surface area contributed by atoms with Gasteiger partial charge in [0.1, 0.15) is 5.82 Å². The van der Waals surface area contributed by atoms with Crippen LogP contribution in [-0.4, -0.2) is 5.78 Å². The molecule has 16 heavy (non-hydrogen) atoms. The molecular weight excluding hydrogens is 203 g/mol. The second-order valence-corrected chi connectivity index (χ2v) is 3.98. The molecule has 1 aliphatic rings. The van der Waals surface area contributed by atoms with E-state index in [1.807, 2.05) is 18.2 Å². The van der Waals surface area contributed by atoms with Crippen molar-refractivity contribution in [3.63, 3.8) is 0 Å². The maximum atomic E-state index is 13.8. The molecule has 3 rings (SSSR count). The van der Waals surface area contributed by atoms with Gasteiger partial charge in [-0.3, -0.25) is 4.79 Å². The number of benzene rings is 2. The van der Waals surface area contributed by atoms with E-state index < -0.39 is 0 Å². The Labute approximate surface area is 92.2 Å². The predicted molar refractivity (Wildman–Crippen MR) is 62.8 cm³/mol. The van der Waals surface area contributed by atoms with Crippen LogP contribution in [0.25, 0.3) is 22.9 Å². The largest absolute Gasteiger partial charge is 0.294 e. The maximum Gasteiger partial charge on any atom is 0.160 e. The molecule has 78 valence electrons. The molecule has 0 amide bonds. The van der Waals surface area contributed by atoms with Crippen molar-refractivity contribution in [1.82, 2.24) is 0 Å². The molecule has 0 N–H and O–H groups in total. The number of hydrogen-bond donors (Lipinski definition) is 0. The summed E-state index contributed by atoms with van der Waals surface area (Å²) in [5, 5.41) is 1.31. The third-order valence-electron chi connectivity index (χ3n) is 3.00. The summed E-state index contributed by atoms with van der Waals surface area (Å²) >= 11 is 0. The predicted octanol–water partition coefficient (Wildman–Crippen LogP) is 3.67. The third-order valence-corrected chi connectivity index (χ3v) is 3.00. The minimum atomic E-state index is -0.325. The van der Waals surface area contributed by atoms with Crippen molar-refractivity contribution in [2.24, 2.45) is 0 Å². The van der Waals surface area contributed by atoms with E-state index in [-0.39, 0.29) is 11.6 Å². The molecule has 0 unspecified atom stereocenters. The van der Waals surface area contributed by atoms with Crippen LogP contribution in [0.1, 0.15) is 28.4 Å². The van der Waals surface area contributed by atoms with Crippen LogP contribution in [0.4, 0.5) is 4.39 Å². The van der Waals surface area contributed by atoms with E-state index in [2.05, 4.69) is 0 Å². The second kappa shape index (κ2) is 3.01. The molecule has 0 radical (unpaired) electrons. The van der Waals surface area contributed by atoms with Gasteiger partial charge in [-0.05, 0) is 29.5 Å². The number of carbonyl (C=O) groups is 1. The average molecular weight is 212 g/mol. The van der Waals surface area contributed by atoms with Gasteiger partial charge in [0.15, 0.2) is 5.78 Å². The Kier molecular flexibility index (Phi) is 1.75. The normalized spacial score (nSPS) is 12.4. The summed E-state index contributed by atoms with van der Waals surface area (Å²) in [4.78, 5) is 11.5. The Morgan fingerprint density at radius 2 is 1.62 bits per heavy atom. The maximum absolute atomic E-state index is 13.8. The van der Waals surface area contributed by atoms with Gasteiger partial charge in [0.2, 0.25) is 0 Å². The van der Waals surface area contributed by atoms with Crippen LogP contribution in [0.15, 0.2) is 24.3 Å². The second-order valence-electron chi connectivity index (χ2n) is 3.98. The fourth-order valence-electron chi connectivity index (χ4n) is 2.26. The van der Waals surface area contributed by atoms with Gasteiger partial charge in [0.05, 0.1) is 0 Å². The molecule has 0 saturated carbocycles. The topological polar surface area (TPSA) is 17.1 Å². The summed E-state index contributed by atoms with van der Waals surface area (Å²) in [5.74, 6) is -0.427. The van der Waals surface area contributed by atoms with Crippen molar-refractivity contribution < 1.29 is 9.18 Å². The van der Waals surface area contributed by atoms with Gasteiger partial charge in [-0.2, -0.15) is 0 Å². The molecule has 1 nitrogen and oxygen atoms in total. The first-order valence-electron chi connectivity index (χ1n) is 5.13.